The fourth-order valence-corrected chi connectivity index (χ4v) is 4.38. The average Bonchev–Trinajstić information content (AvgIpc) is 3.19. The van der Waals surface area contributed by atoms with Crippen LogP contribution in [0.25, 0.3) is 11.0 Å². The van der Waals surface area contributed by atoms with Gasteiger partial charge in [-0.2, -0.15) is 0 Å². The van der Waals surface area contributed by atoms with Crippen LogP contribution in [0.4, 0.5) is 11.4 Å². The fourth-order valence-electron chi connectivity index (χ4n) is 4.38. The topological polar surface area (TPSA) is 140 Å². The van der Waals surface area contributed by atoms with Crippen LogP contribution in [-0.4, -0.2) is 21.8 Å². The molecule has 0 bridgehead atoms. The number of phenolic OH excluding ortho intramolecular Hbond substituents is 2. The Morgan fingerprint density at radius 3 is 2.28 bits per heavy atom. The number of benzene rings is 3. The van der Waals surface area contributed by atoms with Crippen molar-refractivity contribution >= 4 is 33.9 Å². The van der Waals surface area contributed by atoms with Gasteiger partial charge < -0.3 is 26.1 Å². The molecule has 0 saturated heterocycles. The van der Waals surface area contributed by atoms with Gasteiger partial charge in [-0.15, -0.1) is 0 Å². The van der Waals surface area contributed by atoms with Crippen LogP contribution in [0, 0.1) is 0 Å². The van der Waals surface area contributed by atoms with Gasteiger partial charge >= 0.3 is 0 Å². The Morgan fingerprint density at radius 2 is 1.61 bits per heavy atom. The van der Waals surface area contributed by atoms with Gasteiger partial charge in [-0.05, 0) is 36.2 Å². The van der Waals surface area contributed by atoms with E-state index in [9.17, 15) is 19.8 Å². The van der Waals surface area contributed by atoms with E-state index in [0.717, 1.165) is 24.8 Å². The molecule has 0 amide bonds. The summed E-state index contributed by atoms with van der Waals surface area (Å²) in [5, 5.41) is 21.1. The number of anilines is 2. The Bertz CT molecular complexity index is 1400. The molecule has 186 valence electrons. The van der Waals surface area contributed by atoms with Gasteiger partial charge in [0.15, 0.2) is 11.5 Å². The highest BCUT2D eigenvalue weighted by Gasteiger charge is 2.25. The Balaban J connectivity index is 1.72. The summed E-state index contributed by atoms with van der Waals surface area (Å²) in [5.41, 5.74) is 14.0. The average molecular weight is 487 g/mol. The number of rotatable bonds is 10. The molecule has 0 atom stereocenters. The number of hydrogen-bond acceptors (Lipinski definition) is 7. The number of carbonyl (C=O) groups is 2. The highest BCUT2D eigenvalue weighted by atomic mass is 16.3. The largest absolute Gasteiger partial charge is 0.508 e. The van der Waals surface area contributed by atoms with E-state index in [0.29, 0.717) is 34.3 Å². The summed E-state index contributed by atoms with van der Waals surface area (Å²) < 4.78 is 6.11. The third kappa shape index (κ3) is 5.20. The number of nitrogen functional groups attached to an aromatic ring is 2. The highest BCUT2D eigenvalue weighted by Crippen LogP contribution is 2.36. The van der Waals surface area contributed by atoms with Crippen LogP contribution in [0.15, 0.2) is 59.0 Å². The molecule has 0 aliphatic carbocycles. The van der Waals surface area contributed by atoms with E-state index >= 15 is 0 Å². The molecule has 0 aliphatic rings. The zero-order valence-corrected chi connectivity index (χ0v) is 20.2. The van der Waals surface area contributed by atoms with Gasteiger partial charge in [-0.3, -0.25) is 9.59 Å². The van der Waals surface area contributed by atoms with Crippen molar-refractivity contribution in [2.24, 2.45) is 0 Å². The number of phenols is 2. The summed E-state index contributed by atoms with van der Waals surface area (Å²) >= 11 is 0. The minimum Gasteiger partial charge on any atom is -0.508 e. The Kier molecular flexibility index (Phi) is 7.29. The van der Waals surface area contributed by atoms with Crippen molar-refractivity contribution in [3.05, 3.63) is 82.6 Å². The standard InChI is InChI=1S/C29H30N2O5/c1-2-3-5-10-25-27(28(34)19-13-22(30)29(35)23(31)14-19)21-16-24(33)18(15-26(21)36-25)12-20(32)11-17-8-6-4-7-9-17/h4,6-9,13-16,33,35H,2-3,5,10-12,30-31H2,1H3. The van der Waals surface area contributed by atoms with Crippen LogP contribution in [0.1, 0.15) is 59.0 Å². The number of ketones is 2. The Hall–Kier alpha value is -4.26. The second-order valence-corrected chi connectivity index (χ2v) is 9.04. The summed E-state index contributed by atoms with van der Waals surface area (Å²) in [7, 11) is 0. The SMILES string of the molecule is CCCCCc1oc2cc(CC(=O)Cc3ccccc3)c(O)cc2c1C(=O)c1cc(N)c(O)c(N)c1. The van der Waals surface area contributed by atoms with Gasteiger partial charge in [-0.1, -0.05) is 50.1 Å². The molecule has 0 saturated carbocycles. The first-order valence-corrected chi connectivity index (χ1v) is 12.0. The number of furan rings is 1. The van der Waals surface area contributed by atoms with Crippen LogP contribution in [0.2, 0.25) is 0 Å². The molecule has 7 nitrogen and oxygen atoms in total. The summed E-state index contributed by atoms with van der Waals surface area (Å²) in [5.74, 6) is -0.262. The minimum atomic E-state index is -0.369. The summed E-state index contributed by atoms with van der Waals surface area (Å²) in [6.07, 6.45) is 3.63. The van der Waals surface area contributed by atoms with Crippen LogP contribution in [-0.2, 0) is 24.1 Å². The second kappa shape index (κ2) is 10.6. The van der Waals surface area contributed by atoms with Gasteiger partial charge in [0.25, 0.3) is 0 Å². The number of aryl methyl sites for hydroxylation is 1. The molecular formula is C29H30N2O5. The van der Waals surface area contributed by atoms with E-state index in [4.69, 9.17) is 15.9 Å². The van der Waals surface area contributed by atoms with E-state index < -0.39 is 0 Å². The molecule has 1 heterocycles. The smallest absolute Gasteiger partial charge is 0.197 e. The number of carbonyl (C=O) groups excluding carboxylic acids is 2. The van der Waals surface area contributed by atoms with Crippen LogP contribution in [0.3, 0.4) is 0 Å². The third-order valence-electron chi connectivity index (χ3n) is 6.26. The maximum Gasteiger partial charge on any atom is 0.197 e. The first-order valence-electron chi connectivity index (χ1n) is 12.0. The van der Waals surface area contributed by atoms with Crippen LogP contribution < -0.4 is 11.5 Å². The van der Waals surface area contributed by atoms with Gasteiger partial charge in [0.2, 0.25) is 0 Å². The monoisotopic (exact) mass is 486 g/mol. The van der Waals surface area contributed by atoms with Gasteiger partial charge in [-0.25, -0.2) is 0 Å². The van der Waals surface area contributed by atoms with E-state index in [-0.39, 0.29) is 52.8 Å². The number of nitrogens with two attached hydrogens (primary N) is 2. The number of Topliss-reactive ketones (excluding diaryl/α,β-unsaturated/α-hetero) is 1. The molecule has 1 aromatic heterocycles. The van der Waals surface area contributed by atoms with E-state index in [1.165, 1.54) is 18.2 Å². The van der Waals surface area contributed by atoms with Gasteiger partial charge in [0.1, 0.15) is 22.9 Å². The van der Waals surface area contributed by atoms with E-state index in [2.05, 4.69) is 6.92 Å². The molecule has 0 radical (unpaired) electrons. The molecule has 6 N–H and O–H groups in total. The highest BCUT2D eigenvalue weighted by molar-refractivity contribution is 6.18. The van der Waals surface area contributed by atoms with Gasteiger partial charge in [0, 0.05) is 35.8 Å². The molecule has 0 fully saturated rings. The van der Waals surface area contributed by atoms with Crippen molar-refractivity contribution in [1.29, 1.82) is 0 Å². The van der Waals surface area contributed by atoms with E-state index in [1.54, 1.807) is 6.07 Å². The summed E-state index contributed by atoms with van der Waals surface area (Å²) in [6.45, 7) is 2.09. The van der Waals surface area contributed by atoms with Crippen molar-refractivity contribution < 1.29 is 24.2 Å². The first kappa shape index (κ1) is 24.9. The maximum atomic E-state index is 13.6. The van der Waals surface area contributed by atoms with Crippen molar-refractivity contribution in [1.82, 2.24) is 0 Å². The lowest BCUT2D eigenvalue weighted by Crippen LogP contribution is -2.07. The normalized spacial score (nSPS) is 11.1. The van der Waals surface area contributed by atoms with Crippen molar-refractivity contribution in [3.63, 3.8) is 0 Å². The van der Waals surface area contributed by atoms with E-state index in [1.807, 2.05) is 30.3 Å². The summed E-state index contributed by atoms with van der Waals surface area (Å²) in [6, 6.07) is 15.3. The number of hydrogen-bond donors (Lipinski definition) is 4. The molecule has 0 aliphatic heterocycles. The molecule has 7 heteroatoms. The first-order chi connectivity index (χ1) is 17.3. The zero-order chi connectivity index (χ0) is 25.8. The molecule has 4 rings (SSSR count). The third-order valence-corrected chi connectivity index (χ3v) is 6.26. The number of aromatic hydroxyl groups is 2. The lowest BCUT2D eigenvalue weighted by atomic mass is 9.95. The van der Waals surface area contributed by atoms with Crippen LogP contribution in [0.5, 0.6) is 11.5 Å². The minimum absolute atomic E-state index is 0.000690. The lowest BCUT2D eigenvalue weighted by Gasteiger charge is -2.08. The van der Waals surface area contributed by atoms with Crippen molar-refractivity contribution in [2.75, 3.05) is 11.5 Å². The predicted octanol–water partition coefficient (Wildman–Crippen LogP) is 5.33. The fraction of sp³-hybridized carbons (Fsp3) is 0.241. The lowest BCUT2D eigenvalue weighted by molar-refractivity contribution is -0.117. The number of fused-ring (bicyclic) bond motifs is 1. The molecule has 4 aromatic rings. The second-order valence-electron chi connectivity index (χ2n) is 9.04. The van der Waals surface area contributed by atoms with Gasteiger partial charge in [0.05, 0.1) is 16.9 Å². The quantitative estimate of drug-likeness (QED) is 0.103. The van der Waals surface area contributed by atoms with Crippen LogP contribution >= 0.6 is 0 Å². The maximum absolute atomic E-state index is 13.6. The predicted molar refractivity (Wildman–Crippen MR) is 140 cm³/mol. The molecule has 0 spiro atoms. The molecule has 0 unspecified atom stereocenters. The van der Waals surface area contributed by atoms with Crippen molar-refractivity contribution in [2.45, 2.75) is 45.4 Å². The van der Waals surface area contributed by atoms with Crippen molar-refractivity contribution in [3.8, 4) is 11.5 Å². The molecular weight excluding hydrogens is 456 g/mol. The molecule has 3 aromatic carbocycles. The zero-order valence-electron chi connectivity index (χ0n) is 20.2. The Labute approximate surface area is 209 Å². The number of unbranched alkanes of at least 4 members (excludes halogenated alkanes) is 2. The molecule has 36 heavy (non-hydrogen) atoms. The summed E-state index contributed by atoms with van der Waals surface area (Å²) in [4.78, 5) is 26.2. The Morgan fingerprint density at radius 1 is 0.917 bits per heavy atom.